The number of aryl methyl sites for hydroxylation is 1. The van der Waals surface area contributed by atoms with Crippen LogP contribution in [-0.2, 0) is 9.84 Å². The average Bonchev–Trinajstić information content (AvgIpc) is 2.75. The Morgan fingerprint density at radius 1 is 0.968 bits per heavy atom. The summed E-state index contributed by atoms with van der Waals surface area (Å²) in [4.78, 5) is 3.76. The van der Waals surface area contributed by atoms with Crippen LogP contribution in [0.4, 0.5) is 14.5 Å². The van der Waals surface area contributed by atoms with Gasteiger partial charge in [-0.15, -0.1) is 0 Å². The van der Waals surface area contributed by atoms with E-state index in [1.807, 2.05) is 6.92 Å². The van der Waals surface area contributed by atoms with E-state index in [0.29, 0.717) is 11.1 Å². The SMILES string of the molecule is COc1cccc2cc(S(=O)(=O)c3ccc(C)cc3)c(=Nc3cc(F)ccc3F)oc12. The second-order valence-electron chi connectivity index (χ2n) is 6.82. The summed E-state index contributed by atoms with van der Waals surface area (Å²) in [6.45, 7) is 1.83. The summed E-state index contributed by atoms with van der Waals surface area (Å²) in [6, 6.07) is 15.3. The zero-order valence-electron chi connectivity index (χ0n) is 16.6. The number of para-hydroxylation sites is 1. The lowest BCUT2D eigenvalue weighted by Crippen LogP contribution is -2.16. The number of sulfone groups is 1. The minimum atomic E-state index is -4.09. The van der Waals surface area contributed by atoms with Gasteiger partial charge in [0.05, 0.1) is 12.0 Å². The maximum atomic E-state index is 14.2. The Morgan fingerprint density at radius 2 is 1.71 bits per heavy atom. The molecule has 3 aromatic carbocycles. The molecular weight excluding hydrogens is 424 g/mol. The van der Waals surface area contributed by atoms with E-state index < -0.39 is 27.2 Å². The molecular formula is C23H17F2NO4S. The molecule has 0 bridgehead atoms. The largest absolute Gasteiger partial charge is 0.493 e. The fraction of sp³-hybridized carbons (Fsp3) is 0.0870. The van der Waals surface area contributed by atoms with E-state index in [1.165, 1.54) is 25.3 Å². The van der Waals surface area contributed by atoms with Gasteiger partial charge in [0, 0.05) is 11.5 Å². The lowest BCUT2D eigenvalue weighted by molar-refractivity contribution is 0.403. The lowest BCUT2D eigenvalue weighted by atomic mass is 10.2. The van der Waals surface area contributed by atoms with Crippen molar-refractivity contribution in [3.05, 3.63) is 89.5 Å². The number of nitrogens with zero attached hydrogens (tertiary/aromatic N) is 1. The van der Waals surface area contributed by atoms with Crippen molar-refractivity contribution < 1.29 is 26.4 Å². The van der Waals surface area contributed by atoms with Gasteiger partial charge in [0.25, 0.3) is 0 Å². The van der Waals surface area contributed by atoms with Crippen LogP contribution in [0, 0.1) is 18.6 Å². The van der Waals surface area contributed by atoms with Gasteiger partial charge in [-0.05, 0) is 43.3 Å². The lowest BCUT2D eigenvalue weighted by Gasteiger charge is -2.09. The van der Waals surface area contributed by atoms with Gasteiger partial charge >= 0.3 is 0 Å². The van der Waals surface area contributed by atoms with Crippen LogP contribution in [0.15, 0.2) is 85.9 Å². The van der Waals surface area contributed by atoms with Gasteiger partial charge in [0.1, 0.15) is 22.2 Å². The Labute approximate surface area is 177 Å². The third-order valence-corrected chi connectivity index (χ3v) is 6.44. The van der Waals surface area contributed by atoms with Gasteiger partial charge in [-0.1, -0.05) is 29.8 Å². The third-order valence-electron chi connectivity index (χ3n) is 4.68. The molecule has 0 unspecified atom stereocenters. The summed E-state index contributed by atoms with van der Waals surface area (Å²) in [5.41, 5.74) is 0.336. The molecule has 0 saturated carbocycles. The van der Waals surface area contributed by atoms with Gasteiger partial charge in [-0.2, -0.15) is 0 Å². The Balaban J connectivity index is 2.08. The summed E-state index contributed by atoms with van der Waals surface area (Å²) in [7, 11) is -2.65. The molecule has 1 heterocycles. The molecule has 0 N–H and O–H groups in total. The predicted molar refractivity (Wildman–Crippen MR) is 111 cm³/mol. The van der Waals surface area contributed by atoms with Crippen molar-refractivity contribution in [2.24, 2.45) is 4.99 Å². The van der Waals surface area contributed by atoms with Crippen molar-refractivity contribution in [1.29, 1.82) is 0 Å². The highest BCUT2D eigenvalue weighted by Gasteiger charge is 2.23. The fourth-order valence-electron chi connectivity index (χ4n) is 3.06. The highest BCUT2D eigenvalue weighted by molar-refractivity contribution is 7.91. The predicted octanol–water partition coefficient (Wildman–Crippen LogP) is 5.09. The first-order valence-electron chi connectivity index (χ1n) is 9.22. The van der Waals surface area contributed by atoms with Crippen molar-refractivity contribution in [1.82, 2.24) is 0 Å². The minimum Gasteiger partial charge on any atom is -0.493 e. The zero-order valence-corrected chi connectivity index (χ0v) is 17.4. The standard InChI is InChI=1S/C23H17F2NO4S/c1-14-6-9-17(10-7-14)31(27,28)21-12-15-4-3-5-20(29-2)22(15)30-23(21)26-19-13-16(24)8-11-18(19)25/h3-13H,1-2H3. The Bertz CT molecular complexity index is 1460. The van der Waals surface area contributed by atoms with Crippen LogP contribution in [0.1, 0.15) is 5.56 Å². The van der Waals surface area contributed by atoms with Crippen molar-refractivity contribution in [2.45, 2.75) is 16.7 Å². The van der Waals surface area contributed by atoms with Gasteiger partial charge in [-0.3, -0.25) is 0 Å². The summed E-state index contributed by atoms with van der Waals surface area (Å²) in [6.07, 6.45) is 0. The molecule has 158 valence electrons. The monoisotopic (exact) mass is 441 g/mol. The number of rotatable bonds is 4. The molecule has 0 saturated heterocycles. The Morgan fingerprint density at radius 3 is 2.42 bits per heavy atom. The molecule has 31 heavy (non-hydrogen) atoms. The van der Waals surface area contributed by atoms with Crippen LogP contribution < -0.4 is 10.3 Å². The van der Waals surface area contributed by atoms with Crippen molar-refractivity contribution in [3.63, 3.8) is 0 Å². The van der Waals surface area contributed by atoms with E-state index >= 15 is 0 Å². The smallest absolute Gasteiger partial charge is 0.239 e. The summed E-state index contributed by atoms with van der Waals surface area (Å²) < 4.78 is 65.7. The number of methoxy groups -OCH3 is 1. The van der Waals surface area contributed by atoms with Crippen LogP contribution in [0.5, 0.6) is 5.75 Å². The number of halogens is 2. The molecule has 0 radical (unpaired) electrons. The van der Waals surface area contributed by atoms with Crippen molar-refractivity contribution in [3.8, 4) is 5.75 Å². The maximum absolute atomic E-state index is 14.2. The first kappa shape index (κ1) is 20.7. The van der Waals surface area contributed by atoms with Crippen molar-refractivity contribution in [2.75, 3.05) is 7.11 Å². The topological polar surface area (TPSA) is 68.9 Å². The van der Waals surface area contributed by atoms with Gasteiger partial charge in [0.2, 0.25) is 15.4 Å². The Kier molecular flexibility index (Phi) is 5.32. The third kappa shape index (κ3) is 3.94. The van der Waals surface area contributed by atoms with Gasteiger partial charge in [-0.25, -0.2) is 22.2 Å². The molecule has 0 fully saturated rings. The molecule has 4 rings (SSSR count). The van der Waals surface area contributed by atoms with E-state index in [1.54, 1.807) is 30.3 Å². The second kappa shape index (κ2) is 7.96. The van der Waals surface area contributed by atoms with E-state index in [-0.39, 0.29) is 20.9 Å². The number of hydrogen-bond donors (Lipinski definition) is 0. The number of benzene rings is 3. The second-order valence-corrected chi connectivity index (χ2v) is 8.74. The first-order chi connectivity index (χ1) is 14.8. The van der Waals surface area contributed by atoms with Gasteiger partial charge in [0.15, 0.2) is 11.3 Å². The molecule has 8 heteroatoms. The minimum absolute atomic E-state index is 0.0201. The normalized spacial score (nSPS) is 12.3. The molecule has 0 aliphatic carbocycles. The summed E-state index contributed by atoms with van der Waals surface area (Å²) in [5, 5.41) is 0.448. The van der Waals surface area contributed by atoms with Crippen molar-refractivity contribution >= 4 is 26.5 Å². The van der Waals surface area contributed by atoms with E-state index in [0.717, 1.165) is 23.8 Å². The number of ether oxygens (including phenoxy) is 1. The summed E-state index contributed by atoms with van der Waals surface area (Å²) >= 11 is 0. The van der Waals surface area contributed by atoms with Crippen LogP contribution in [-0.4, -0.2) is 15.5 Å². The van der Waals surface area contributed by atoms with Crippen LogP contribution in [0.3, 0.4) is 0 Å². The maximum Gasteiger partial charge on any atom is 0.239 e. The molecule has 0 spiro atoms. The van der Waals surface area contributed by atoms with Crippen LogP contribution in [0.2, 0.25) is 0 Å². The van der Waals surface area contributed by atoms with Gasteiger partial charge < -0.3 is 9.15 Å². The molecule has 0 atom stereocenters. The fourth-order valence-corrected chi connectivity index (χ4v) is 4.41. The molecule has 5 nitrogen and oxygen atoms in total. The molecule has 0 aliphatic heterocycles. The number of hydrogen-bond acceptors (Lipinski definition) is 5. The van der Waals surface area contributed by atoms with E-state index in [2.05, 4.69) is 4.99 Å². The number of fused-ring (bicyclic) bond motifs is 1. The molecule has 1 aromatic heterocycles. The highest BCUT2D eigenvalue weighted by atomic mass is 32.2. The average molecular weight is 441 g/mol. The van der Waals surface area contributed by atoms with E-state index in [9.17, 15) is 17.2 Å². The molecule has 4 aromatic rings. The Hall–Kier alpha value is -3.52. The van der Waals surface area contributed by atoms with Crippen LogP contribution in [0.25, 0.3) is 11.0 Å². The molecule has 0 amide bonds. The molecule has 0 aliphatic rings. The quantitative estimate of drug-likeness (QED) is 0.442. The highest BCUT2D eigenvalue weighted by Crippen LogP contribution is 2.28. The van der Waals surface area contributed by atoms with E-state index in [4.69, 9.17) is 9.15 Å². The zero-order chi connectivity index (χ0) is 22.2. The summed E-state index contributed by atoms with van der Waals surface area (Å²) in [5.74, 6) is -1.20. The van der Waals surface area contributed by atoms with Crippen LogP contribution >= 0.6 is 0 Å². The first-order valence-corrected chi connectivity index (χ1v) is 10.7.